The molecule has 0 aliphatic heterocycles. The maximum Gasteiger partial charge on any atom is 0.439 e. The molecule has 3 nitrogen and oxygen atoms in total. The molecule has 2 aromatic rings. The lowest BCUT2D eigenvalue weighted by Gasteiger charge is -2.28. The molecule has 11 heteroatoms. The highest BCUT2D eigenvalue weighted by Gasteiger charge is 2.59. The first kappa shape index (κ1) is 28.2. The highest BCUT2D eigenvalue weighted by Crippen LogP contribution is 2.39. The molecule has 3 rings (SSSR count). The molecule has 0 heterocycles. The van der Waals surface area contributed by atoms with Gasteiger partial charge in [0.1, 0.15) is 6.79 Å². The predicted molar refractivity (Wildman–Crippen MR) is 115 cm³/mol. The van der Waals surface area contributed by atoms with E-state index >= 15 is 0 Å². The third-order valence-electron chi connectivity index (χ3n) is 6.16. The van der Waals surface area contributed by atoms with Crippen LogP contribution in [0.25, 0.3) is 11.1 Å². The summed E-state index contributed by atoms with van der Waals surface area (Å²) in [7, 11) is 1.58. The molecule has 1 atom stereocenters. The van der Waals surface area contributed by atoms with Gasteiger partial charge in [0, 0.05) is 7.11 Å². The largest absolute Gasteiger partial charge is 0.439 e. The number of halogens is 8. The molecule has 1 fully saturated rings. The Bertz CT molecular complexity index is 963. The number of alkyl halides is 6. The standard InChI is InChI=1S/C25H26F8O3/c1-34-14-35-19-10-6-16(7-11-19)3-2-15-4-8-17(9-5-15)18-12-20(26)22(21(27)13-18)36-25(32,33)23(28)24(29,30)31/h4-5,8-9,12-13,16,19,23H,2-3,6-7,10-11,14H2,1H3. The van der Waals surface area contributed by atoms with Crippen molar-refractivity contribution in [2.45, 2.75) is 63.1 Å². The van der Waals surface area contributed by atoms with Gasteiger partial charge in [0.15, 0.2) is 17.4 Å². The quantitative estimate of drug-likeness (QED) is 0.236. The summed E-state index contributed by atoms with van der Waals surface area (Å²) in [6, 6.07) is 8.00. The van der Waals surface area contributed by atoms with E-state index < -0.39 is 35.8 Å². The number of hydrogen-bond donors (Lipinski definition) is 0. The number of ether oxygens (including phenoxy) is 3. The summed E-state index contributed by atoms with van der Waals surface area (Å²) in [5.41, 5.74) is 1.30. The molecule has 0 bridgehead atoms. The summed E-state index contributed by atoms with van der Waals surface area (Å²) in [5, 5.41) is 0. The van der Waals surface area contributed by atoms with Crippen LogP contribution in [0.4, 0.5) is 35.1 Å². The minimum atomic E-state index is -5.98. The Hall–Kier alpha value is -2.40. The zero-order chi connectivity index (χ0) is 26.5. The van der Waals surface area contributed by atoms with Crippen LogP contribution in [0.3, 0.4) is 0 Å². The zero-order valence-electron chi connectivity index (χ0n) is 19.4. The Morgan fingerprint density at radius 3 is 2.00 bits per heavy atom. The summed E-state index contributed by atoms with van der Waals surface area (Å²) in [6.07, 6.45) is -10.2. The fraction of sp³-hybridized carbons (Fsp3) is 0.520. The van der Waals surface area contributed by atoms with Gasteiger partial charge in [-0.15, -0.1) is 0 Å². The van der Waals surface area contributed by atoms with Gasteiger partial charge in [-0.25, -0.2) is 13.2 Å². The highest BCUT2D eigenvalue weighted by atomic mass is 19.4. The van der Waals surface area contributed by atoms with Crippen LogP contribution in [-0.4, -0.2) is 38.5 Å². The monoisotopic (exact) mass is 526 g/mol. The minimum Gasteiger partial charge on any atom is -0.424 e. The molecule has 0 saturated heterocycles. The van der Waals surface area contributed by atoms with Crippen LogP contribution in [0.5, 0.6) is 5.75 Å². The van der Waals surface area contributed by atoms with Gasteiger partial charge in [-0.1, -0.05) is 24.3 Å². The molecule has 1 unspecified atom stereocenters. The molecular formula is C25H26F8O3. The van der Waals surface area contributed by atoms with Gasteiger partial charge in [-0.05, 0) is 73.3 Å². The summed E-state index contributed by atoms with van der Waals surface area (Å²) in [6.45, 7) is 0.286. The number of hydrogen-bond acceptors (Lipinski definition) is 3. The number of benzene rings is 2. The lowest BCUT2D eigenvalue weighted by Crippen LogP contribution is -2.46. The van der Waals surface area contributed by atoms with Crippen LogP contribution >= 0.6 is 0 Å². The minimum absolute atomic E-state index is 0.0470. The number of methoxy groups -OCH3 is 1. The molecular weight excluding hydrogens is 500 g/mol. The van der Waals surface area contributed by atoms with Gasteiger partial charge < -0.3 is 14.2 Å². The Balaban J connectivity index is 1.60. The van der Waals surface area contributed by atoms with Crippen molar-refractivity contribution in [2.75, 3.05) is 13.9 Å². The van der Waals surface area contributed by atoms with Crippen molar-refractivity contribution >= 4 is 0 Å². The SMILES string of the molecule is COCOC1CCC(CCc2ccc(-c3cc(F)c(OC(F)(F)C(F)C(F)(F)F)c(F)c3)cc2)CC1. The molecule has 0 aromatic heterocycles. The second-order valence-electron chi connectivity index (χ2n) is 8.79. The number of rotatable bonds is 10. The average Bonchev–Trinajstić information content (AvgIpc) is 2.83. The smallest absolute Gasteiger partial charge is 0.424 e. The third-order valence-corrected chi connectivity index (χ3v) is 6.16. The number of aryl methyl sites for hydroxylation is 1. The Kier molecular flexibility index (Phi) is 9.21. The van der Waals surface area contributed by atoms with E-state index in [4.69, 9.17) is 9.47 Å². The normalized spacial score (nSPS) is 19.8. The van der Waals surface area contributed by atoms with E-state index in [2.05, 4.69) is 4.74 Å². The van der Waals surface area contributed by atoms with Crippen LogP contribution in [0.1, 0.15) is 37.7 Å². The van der Waals surface area contributed by atoms with Crippen molar-refractivity contribution in [2.24, 2.45) is 5.92 Å². The van der Waals surface area contributed by atoms with Gasteiger partial charge in [0.25, 0.3) is 6.17 Å². The lowest BCUT2D eigenvalue weighted by molar-refractivity contribution is -0.306. The molecule has 36 heavy (non-hydrogen) atoms. The Morgan fingerprint density at radius 1 is 0.889 bits per heavy atom. The zero-order valence-corrected chi connectivity index (χ0v) is 19.4. The molecule has 0 N–H and O–H groups in total. The lowest BCUT2D eigenvalue weighted by atomic mass is 9.83. The summed E-state index contributed by atoms with van der Waals surface area (Å²) in [4.78, 5) is 0. The molecule has 0 amide bonds. The Morgan fingerprint density at radius 2 is 1.47 bits per heavy atom. The molecule has 2 aromatic carbocycles. The van der Waals surface area contributed by atoms with Crippen molar-refractivity contribution in [3.63, 3.8) is 0 Å². The maximum atomic E-state index is 14.3. The van der Waals surface area contributed by atoms with Crippen LogP contribution in [0.2, 0.25) is 0 Å². The topological polar surface area (TPSA) is 27.7 Å². The summed E-state index contributed by atoms with van der Waals surface area (Å²) < 4.78 is 119. The van der Waals surface area contributed by atoms with E-state index in [-0.39, 0.29) is 18.5 Å². The van der Waals surface area contributed by atoms with Gasteiger partial charge in [0.05, 0.1) is 6.10 Å². The van der Waals surface area contributed by atoms with Crippen molar-refractivity contribution in [1.29, 1.82) is 0 Å². The van der Waals surface area contributed by atoms with E-state index in [1.807, 2.05) is 0 Å². The van der Waals surface area contributed by atoms with E-state index in [0.717, 1.165) is 44.1 Å². The van der Waals surface area contributed by atoms with Gasteiger partial charge in [-0.2, -0.15) is 22.0 Å². The van der Waals surface area contributed by atoms with Gasteiger partial charge in [0.2, 0.25) is 0 Å². The first-order valence-electron chi connectivity index (χ1n) is 11.4. The van der Waals surface area contributed by atoms with Crippen LogP contribution in [-0.2, 0) is 15.9 Å². The van der Waals surface area contributed by atoms with Crippen molar-refractivity contribution < 1.29 is 49.3 Å². The first-order chi connectivity index (χ1) is 16.9. The molecule has 0 spiro atoms. The first-order valence-corrected chi connectivity index (χ1v) is 11.4. The third kappa shape index (κ3) is 7.32. The summed E-state index contributed by atoms with van der Waals surface area (Å²) in [5.74, 6) is -4.61. The van der Waals surface area contributed by atoms with E-state index in [1.165, 1.54) is 0 Å². The molecule has 1 aliphatic carbocycles. The highest BCUT2D eigenvalue weighted by molar-refractivity contribution is 5.65. The predicted octanol–water partition coefficient (Wildman–Crippen LogP) is 7.62. The second-order valence-corrected chi connectivity index (χ2v) is 8.79. The molecule has 1 saturated carbocycles. The van der Waals surface area contributed by atoms with Gasteiger partial charge >= 0.3 is 12.3 Å². The Labute approximate surface area is 203 Å². The van der Waals surface area contributed by atoms with E-state index in [1.54, 1.807) is 31.4 Å². The van der Waals surface area contributed by atoms with Crippen molar-refractivity contribution in [3.8, 4) is 16.9 Å². The van der Waals surface area contributed by atoms with E-state index in [9.17, 15) is 35.1 Å². The van der Waals surface area contributed by atoms with Crippen LogP contribution in [0.15, 0.2) is 36.4 Å². The van der Waals surface area contributed by atoms with Crippen LogP contribution < -0.4 is 4.74 Å². The van der Waals surface area contributed by atoms with E-state index in [0.29, 0.717) is 23.6 Å². The average molecular weight is 526 g/mol. The fourth-order valence-corrected chi connectivity index (χ4v) is 4.19. The molecule has 0 radical (unpaired) electrons. The molecule has 200 valence electrons. The summed E-state index contributed by atoms with van der Waals surface area (Å²) >= 11 is 0. The van der Waals surface area contributed by atoms with Gasteiger partial charge in [-0.3, -0.25) is 0 Å². The molecule has 1 aliphatic rings. The van der Waals surface area contributed by atoms with Crippen molar-refractivity contribution in [3.05, 3.63) is 53.6 Å². The maximum absolute atomic E-state index is 14.3. The fourth-order valence-electron chi connectivity index (χ4n) is 4.19. The van der Waals surface area contributed by atoms with Crippen molar-refractivity contribution in [1.82, 2.24) is 0 Å². The van der Waals surface area contributed by atoms with Crippen LogP contribution in [0, 0.1) is 17.6 Å². The second kappa shape index (κ2) is 11.8.